The van der Waals surface area contributed by atoms with Crippen molar-refractivity contribution in [3.63, 3.8) is 0 Å². The highest BCUT2D eigenvalue weighted by atomic mass is 19.1. The van der Waals surface area contributed by atoms with E-state index in [0.29, 0.717) is 19.5 Å². The molecule has 128 valence electrons. The number of nitrogens with one attached hydrogen (secondary N) is 1. The molecule has 0 aliphatic heterocycles. The molecule has 1 atom stereocenters. The van der Waals surface area contributed by atoms with Crippen LogP contribution in [-0.4, -0.2) is 34.7 Å². The Balaban J connectivity index is 1.94. The normalized spacial score (nSPS) is 16.0. The first-order chi connectivity index (χ1) is 10.8. The van der Waals surface area contributed by atoms with Crippen LogP contribution in [0.2, 0.25) is 0 Å². The molecule has 0 radical (unpaired) electrons. The predicted octanol–water partition coefficient (Wildman–Crippen LogP) is 3.30. The number of carbonyl (C=O) groups is 1. The summed E-state index contributed by atoms with van der Waals surface area (Å²) >= 11 is 0. The summed E-state index contributed by atoms with van der Waals surface area (Å²) in [5.41, 5.74) is 0.632. The lowest BCUT2D eigenvalue weighted by Crippen LogP contribution is -2.44. The summed E-state index contributed by atoms with van der Waals surface area (Å²) < 4.78 is 13.3. The number of hydrogen-bond donors (Lipinski definition) is 2. The third-order valence-corrected chi connectivity index (χ3v) is 4.06. The Kier molecular flexibility index (Phi) is 5.63. The largest absolute Gasteiger partial charge is 0.393 e. The number of amides is 2. The average Bonchev–Trinajstić information content (AvgIpc) is 3.25. The fourth-order valence-electron chi connectivity index (χ4n) is 2.87. The molecule has 0 aromatic heterocycles. The second-order valence-corrected chi connectivity index (χ2v) is 7.37. The zero-order valence-electron chi connectivity index (χ0n) is 14.2. The number of urea groups is 1. The lowest BCUT2D eigenvalue weighted by atomic mass is 9.87. The van der Waals surface area contributed by atoms with Crippen molar-refractivity contribution in [3.05, 3.63) is 35.6 Å². The van der Waals surface area contributed by atoms with Gasteiger partial charge < -0.3 is 15.3 Å². The first-order valence-corrected chi connectivity index (χ1v) is 8.24. The van der Waals surface area contributed by atoms with Crippen LogP contribution in [0.25, 0.3) is 0 Å². The molecule has 2 rings (SSSR count). The molecule has 0 bridgehead atoms. The van der Waals surface area contributed by atoms with Gasteiger partial charge in [-0.1, -0.05) is 26.0 Å². The van der Waals surface area contributed by atoms with Crippen molar-refractivity contribution in [2.24, 2.45) is 5.41 Å². The summed E-state index contributed by atoms with van der Waals surface area (Å²) in [5, 5.41) is 12.5. The van der Waals surface area contributed by atoms with E-state index < -0.39 is 6.10 Å². The number of rotatable bonds is 7. The summed E-state index contributed by atoms with van der Waals surface area (Å²) in [6, 6.07) is 6.51. The van der Waals surface area contributed by atoms with Gasteiger partial charge in [-0.2, -0.15) is 0 Å². The standard InChI is InChI=1S/C18H27FN2O2/c1-13(22)10-18(2,3)12-20-17(23)21(16-7-8-16)11-14-5-4-6-15(19)9-14/h4-6,9,13,16,22H,7-8,10-12H2,1-3H3,(H,20,23). The molecule has 0 spiro atoms. The van der Waals surface area contributed by atoms with Gasteiger partial charge in [-0.15, -0.1) is 0 Å². The van der Waals surface area contributed by atoms with Crippen molar-refractivity contribution in [3.8, 4) is 0 Å². The monoisotopic (exact) mass is 322 g/mol. The predicted molar refractivity (Wildman–Crippen MR) is 88.4 cm³/mol. The van der Waals surface area contributed by atoms with Gasteiger partial charge >= 0.3 is 6.03 Å². The van der Waals surface area contributed by atoms with Crippen LogP contribution in [0.3, 0.4) is 0 Å². The summed E-state index contributed by atoms with van der Waals surface area (Å²) in [5.74, 6) is -0.281. The van der Waals surface area contributed by atoms with Gasteiger partial charge in [0.25, 0.3) is 0 Å². The molecule has 2 N–H and O–H groups in total. The van der Waals surface area contributed by atoms with E-state index in [1.54, 1.807) is 17.9 Å². The molecule has 1 aliphatic carbocycles. The number of aliphatic hydroxyl groups excluding tert-OH is 1. The molecule has 5 heteroatoms. The van der Waals surface area contributed by atoms with E-state index in [1.165, 1.54) is 12.1 Å². The zero-order valence-corrected chi connectivity index (χ0v) is 14.2. The second-order valence-electron chi connectivity index (χ2n) is 7.37. The molecule has 2 amide bonds. The minimum absolute atomic E-state index is 0.115. The van der Waals surface area contributed by atoms with Gasteiger partial charge in [-0.05, 0) is 49.3 Å². The van der Waals surface area contributed by atoms with Crippen molar-refractivity contribution in [1.82, 2.24) is 10.2 Å². The highest BCUT2D eigenvalue weighted by Crippen LogP contribution is 2.29. The van der Waals surface area contributed by atoms with Crippen LogP contribution in [0.15, 0.2) is 24.3 Å². The van der Waals surface area contributed by atoms with Gasteiger partial charge in [0, 0.05) is 19.1 Å². The van der Waals surface area contributed by atoms with Crippen LogP contribution in [-0.2, 0) is 6.54 Å². The third kappa shape index (κ3) is 5.82. The maximum absolute atomic E-state index is 13.3. The number of aliphatic hydroxyl groups is 1. The van der Waals surface area contributed by atoms with E-state index in [0.717, 1.165) is 18.4 Å². The molecular formula is C18H27FN2O2. The average molecular weight is 322 g/mol. The molecular weight excluding hydrogens is 295 g/mol. The molecule has 1 aromatic rings. The van der Waals surface area contributed by atoms with Crippen LogP contribution < -0.4 is 5.32 Å². The first kappa shape index (κ1) is 17.7. The first-order valence-electron chi connectivity index (χ1n) is 8.24. The smallest absolute Gasteiger partial charge is 0.317 e. The Morgan fingerprint density at radius 2 is 2.17 bits per heavy atom. The Labute approximate surface area is 137 Å². The second kappa shape index (κ2) is 7.30. The van der Waals surface area contributed by atoms with Crippen LogP contribution in [0.1, 0.15) is 45.6 Å². The summed E-state index contributed by atoms with van der Waals surface area (Å²) in [6.45, 7) is 6.72. The van der Waals surface area contributed by atoms with Crippen molar-refractivity contribution >= 4 is 6.03 Å². The Hall–Kier alpha value is -1.62. The van der Waals surface area contributed by atoms with Crippen LogP contribution in [0, 0.1) is 11.2 Å². The van der Waals surface area contributed by atoms with E-state index in [4.69, 9.17) is 0 Å². The minimum atomic E-state index is -0.395. The fraction of sp³-hybridized carbons (Fsp3) is 0.611. The van der Waals surface area contributed by atoms with Gasteiger partial charge in [-0.3, -0.25) is 0 Å². The van der Waals surface area contributed by atoms with E-state index in [9.17, 15) is 14.3 Å². The lowest BCUT2D eigenvalue weighted by Gasteiger charge is -2.29. The van der Waals surface area contributed by atoms with E-state index >= 15 is 0 Å². The van der Waals surface area contributed by atoms with E-state index in [1.807, 2.05) is 19.9 Å². The quantitative estimate of drug-likeness (QED) is 0.809. The highest BCUT2D eigenvalue weighted by Gasteiger charge is 2.33. The molecule has 1 saturated carbocycles. The summed E-state index contributed by atoms with van der Waals surface area (Å²) in [7, 11) is 0. The molecule has 23 heavy (non-hydrogen) atoms. The Morgan fingerprint density at radius 1 is 1.48 bits per heavy atom. The molecule has 0 saturated heterocycles. The number of benzene rings is 1. The van der Waals surface area contributed by atoms with Crippen LogP contribution in [0.5, 0.6) is 0 Å². The van der Waals surface area contributed by atoms with Gasteiger partial charge in [-0.25, -0.2) is 9.18 Å². The van der Waals surface area contributed by atoms with Gasteiger partial charge in [0.2, 0.25) is 0 Å². The number of hydrogen-bond acceptors (Lipinski definition) is 2. The molecule has 1 unspecified atom stereocenters. The zero-order chi connectivity index (χ0) is 17.0. The van der Waals surface area contributed by atoms with Crippen molar-refractivity contribution in [1.29, 1.82) is 0 Å². The summed E-state index contributed by atoms with van der Waals surface area (Å²) in [6.07, 6.45) is 2.23. The van der Waals surface area contributed by atoms with Crippen molar-refractivity contribution in [2.45, 2.75) is 58.7 Å². The maximum Gasteiger partial charge on any atom is 0.317 e. The molecule has 1 aliphatic rings. The fourth-order valence-corrected chi connectivity index (χ4v) is 2.87. The number of carbonyl (C=O) groups excluding carboxylic acids is 1. The van der Waals surface area contributed by atoms with Crippen LogP contribution in [0.4, 0.5) is 9.18 Å². The Bertz CT molecular complexity index is 542. The number of nitrogens with zero attached hydrogens (tertiary/aromatic N) is 1. The lowest BCUT2D eigenvalue weighted by molar-refractivity contribution is 0.126. The SMILES string of the molecule is CC(O)CC(C)(C)CNC(=O)N(Cc1cccc(F)c1)C1CC1. The molecule has 0 heterocycles. The van der Waals surface area contributed by atoms with E-state index in [-0.39, 0.29) is 23.3 Å². The molecule has 4 nitrogen and oxygen atoms in total. The topological polar surface area (TPSA) is 52.6 Å². The van der Waals surface area contributed by atoms with Crippen molar-refractivity contribution < 1.29 is 14.3 Å². The third-order valence-electron chi connectivity index (χ3n) is 4.06. The molecule has 1 aromatic carbocycles. The maximum atomic E-state index is 13.3. The minimum Gasteiger partial charge on any atom is -0.393 e. The van der Waals surface area contributed by atoms with Gasteiger partial charge in [0.1, 0.15) is 5.82 Å². The van der Waals surface area contributed by atoms with E-state index in [2.05, 4.69) is 5.32 Å². The van der Waals surface area contributed by atoms with Crippen LogP contribution >= 0.6 is 0 Å². The molecule has 1 fully saturated rings. The summed E-state index contributed by atoms with van der Waals surface area (Å²) in [4.78, 5) is 14.3. The number of halogens is 1. The van der Waals surface area contributed by atoms with Gasteiger partial charge in [0.05, 0.1) is 6.10 Å². The highest BCUT2D eigenvalue weighted by molar-refractivity contribution is 5.75. The van der Waals surface area contributed by atoms with Gasteiger partial charge in [0.15, 0.2) is 0 Å². The van der Waals surface area contributed by atoms with Crippen molar-refractivity contribution in [2.75, 3.05) is 6.54 Å². The Morgan fingerprint density at radius 3 is 2.74 bits per heavy atom.